The zero-order valence-electron chi connectivity index (χ0n) is 13.9. The van der Waals surface area contributed by atoms with E-state index >= 15 is 0 Å². The Morgan fingerprint density at radius 3 is 2.42 bits per heavy atom. The molecule has 0 bridgehead atoms. The van der Waals surface area contributed by atoms with Gasteiger partial charge in [-0.25, -0.2) is 0 Å². The number of anilines is 1. The molecule has 2 aromatic carbocycles. The number of benzene rings is 2. The molecule has 0 aliphatic heterocycles. The van der Waals surface area contributed by atoms with E-state index in [1.54, 1.807) is 18.2 Å². The fraction of sp³-hybridized carbons (Fsp3) is 0.176. The van der Waals surface area contributed by atoms with Crippen LogP contribution < -0.4 is 20.2 Å². The Hall–Kier alpha value is -2.81. The molecule has 0 spiro atoms. The zero-order valence-corrected chi connectivity index (χ0v) is 14.7. The van der Waals surface area contributed by atoms with Gasteiger partial charge in [0.1, 0.15) is 0 Å². The first-order valence-corrected chi connectivity index (χ1v) is 7.74. The first kappa shape index (κ1) is 19.5. The third-order valence-corrected chi connectivity index (χ3v) is 3.46. The van der Waals surface area contributed by atoms with E-state index in [0.717, 1.165) is 6.07 Å². The summed E-state index contributed by atoms with van der Waals surface area (Å²) >= 11 is 4.97. The van der Waals surface area contributed by atoms with Crippen LogP contribution in [0, 0.1) is 0 Å². The van der Waals surface area contributed by atoms with E-state index < -0.39 is 11.7 Å². The Morgan fingerprint density at radius 1 is 1.08 bits per heavy atom. The van der Waals surface area contributed by atoms with Crippen molar-refractivity contribution in [3.05, 3.63) is 53.6 Å². The highest BCUT2D eigenvalue weighted by molar-refractivity contribution is 7.80. The monoisotopic (exact) mass is 383 g/mol. The Morgan fingerprint density at radius 2 is 1.77 bits per heavy atom. The number of alkyl halides is 3. The lowest BCUT2D eigenvalue weighted by Crippen LogP contribution is -2.25. The number of hydrogen-bond donors (Lipinski definition) is 2. The van der Waals surface area contributed by atoms with E-state index in [9.17, 15) is 13.2 Å². The quantitative estimate of drug-likeness (QED) is 0.464. The smallest absolute Gasteiger partial charge is 0.418 e. The van der Waals surface area contributed by atoms with Gasteiger partial charge in [-0.2, -0.15) is 18.3 Å². The number of halogens is 3. The van der Waals surface area contributed by atoms with Gasteiger partial charge in [0.15, 0.2) is 16.6 Å². The van der Waals surface area contributed by atoms with Gasteiger partial charge in [0.25, 0.3) is 0 Å². The number of hydrazone groups is 1. The highest BCUT2D eigenvalue weighted by Crippen LogP contribution is 2.34. The topological polar surface area (TPSA) is 54.9 Å². The minimum atomic E-state index is -4.48. The third kappa shape index (κ3) is 5.09. The molecule has 0 aliphatic carbocycles. The van der Waals surface area contributed by atoms with E-state index in [0.29, 0.717) is 17.1 Å². The summed E-state index contributed by atoms with van der Waals surface area (Å²) < 4.78 is 49.2. The van der Waals surface area contributed by atoms with E-state index in [1.807, 2.05) is 0 Å². The molecular weight excluding hydrogens is 367 g/mol. The summed E-state index contributed by atoms with van der Waals surface area (Å²) in [5.41, 5.74) is 2.20. The normalized spacial score (nSPS) is 11.3. The number of para-hydroxylation sites is 1. The summed E-state index contributed by atoms with van der Waals surface area (Å²) in [5, 5.41) is 6.32. The summed E-state index contributed by atoms with van der Waals surface area (Å²) in [5.74, 6) is 1.09. The molecule has 0 unspecified atom stereocenters. The van der Waals surface area contributed by atoms with Crippen molar-refractivity contribution in [1.82, 2.24) is 5.43 Å². The zero-order chi connectivity index (χ0) is 19.2. The summed E-state index contributed by atoms with van der Waals surface area (Å²) in [6, 6.07) is 10.2. The Labute approximate surface area is 153 Å². The van der Waals surface area contributed by atoms with Crippen molar-refractivity contribution >= 4 is 29.2 Å². The third-order valence-electron chi connectivity index (χ3n) is 3.27. The molecule has 0 saturated heterocycles. The molecule has 0 heterocycles. The van der Waals surface area contributed by atoms with Crippen LogP contribution in [0.3, 0.4) is 0 Å². The van der Waals surface area contributed by atoms with Crippen LogP contribution >= 0.6 is 12.2 Å². The van der Waals surface area contributed by atoms with Gasteiger partial charge in [0, 0.05) is 0 Å². The minimum absolute atomic E-state index is 0.0709. The molecule has 0 aromatic heterocycles. The van der Waals surface area contributed by atoms with Gasteiger partial charge in [0.05, 0.1) is 31.7 Å². The molecule has 26 heavy (non-hydrogen) atoms. The van der Waals surface area contributed by atoms with E-state index in [1.165, 1.54) is 38.6 Å². The molecule has 0 saturated carbocycles. The van der Waals surface area contributed by atoms with Crippen molar-refractivity contribution in [2.24, 2.45) is 5.10 Å². The largest absolute Gasteiger partial charge is 0.493 e. The van der Waals surface area contributed by atoms with Crippen LogP contribution in [0.5, 0.6) is 11.5 Å². The van der Waals surface area contributed by atoms with Crippen molar-refractivity contribution in [2.75, 3.05) is 19.5 Å². The first-order valence-electron chi connectivity index (χ1n) is 7.33. The van der Waals surface area contributed by atoms with Crippen LogP contribution in [0.2, 0.25) is 0 Å². The average Bonchev–Trinajstić information content (AvgIpc) is 2.61. The Balaban J connectivity index is 2.03. The molecule has 0 fully saturated rings. The standard InChI is InChI=1S/C17H16F3N3O2S/c1-24-14-8-7-11(9-15(14)25-2)10-21-23-16(26)22-13-6-4-3-5-12(13)17(18,19)20/h3-10H,1-2H3,(H2,22,23,26)/b21-10-. The van der Waals surface area contributed by atoms with E-state index in [-0.39, 0.29) is 10.8 Å². The maximum absolute atomic E-state index is 13.0. The predicted molar refractivity (Wildman–Crippen MR) is 97.9 cm³/mol. The molecule has 5 nitrogen and oxygen atoms in total. The maximum Gasteiger partial charge on any atom is 0.418 e. The maximum atomic E-state index is 13.0. The second-order valence-corrected chi connectivity index (χ2v) is 5.39. The lowest BCUT2D eigenvalue weighted by Gasteiger charge is -2.14. The van der Waals surface area contributed by atoms with Crippen LogP contribution in [0.15, 0.2) is 47.6 Å². The molecule has 0 radical (unpaired) electrons. The molecule has 9 heteroatoms. The minimum Gasteiger partial charge on any atom is -0.493 e. The Kier molecular flexibility index (Phi) is 6.40. The number of nitrogens with zero attached hydrogens (tertiary/aromatic N) is 1. The number of hydrogen-bond acceptors (Lipinski definition) is 4. The summed E-state index contributed by atoms with van der Waals surface area (Å²) in [6.07, 6.45) is -3.03. The van der Waals surface area contributed by atoms with E-state index in [2.05, 4.69) is 15.8 Å². The number of thiocarbonyl (C=S) groups is 1. The van der Waals surface area contributed by atoms with Gasteiger partial charge in [-0.15, -0.1) is 0 Å². The van der Waals surface area contributed by atoms with Crippen molar-refractivity contribution in [3.8, 4) is 11.5 Å². The number of rotatable bonds is 5. The number of nitrogens with one attached hydrogen (secondary N) is 2. The number of methoxy groups -OCH3 is 2. The lowest BCUT2D eigenvalue weighted by atomic mass is 10.2. The van der Waals surface area contributed by atoms with Crippen molar-refractivity contribution in [3.63, 3.8) is 0 Å². The van der Waals surface area contributed by atoms with Gasteiger partial charge in [-0.05, 0) is 48.1 Å². The van der Waals surface area contributed by atoms with Crippen LogP contribution in [-0.2, 0) is 6.18 Å². The van der Waals surface area contributed by atoms with Gasteiger partial charge in [-0.1, -0.05) is 12.1 Å². The van der Waals surface area contributed by atoms with Gasteiger partial charge >= 0.3 is 6.18 Å². The van der Waals surface area contributed by atoms with Crippen molar-refractivity contribution in [2.45, 2.75) is 6.18 Å². The molecule has 0 amide bonds. The average molecular weight is 383 g/mol. The molecule has 2 aromatic rings. The fourth-order valence-electron chi connectivity index (χ4n) is 2.09. The summed E-state index contributed by atoms with van der Waals surface area (Å²) in [4.78, 5) is 0. The van der Waals surface area contributed by atoms with Crippen LogP contribution in [0.4, 0.5) is 18.9 Å². The van der Waals surface area contributed by atoms with Gasteiger partial charge in [-0.3, -0.25) is 5.43 Å². The fourth-order valence-corrected chi connectivity index (χ4v) is 2.25. The molecule has 2 rings (SSSR count). The Bertz CT molecular complexity index is 810. The van der Waals surface area contributed by atoms with Crippen LogP contribution in [0.25, 0.3) is 0 Å². The molecule has 138 valence electrons. The highest BCUT2D eigenvalue weighted by Gasteiger charge is 2.33. The molecular formula is C17H16F3N3O2S. The van der Waals surface area contributed by atoms with Crippen molar-refractivity contribution < 1.29 is 22.6 Å². The summed E-state index contributed by atoms with van der Waals surface area (Å²) in [6.45, 7) is 0. The lowest BCUT2D eigenvalue weighted by molar-refractivity contribution is -0.136. The van der Waals surface area contributed by atoms with Gasteiger partial charge in [0.2, 0.25) is 0 Å². The van der Waals surface area contributed by atoms with E-state index in [4.69, 9.17) is 21.7 Å². The highest BCUT2D eigenvalue weighted by atomic mass is 32.1. The van der Waals surface area contributed by atoms with Gasteiger partial charge < -0.3 is 14.8 Å². The predicted octanol–water partition coefficient (Wildman–Crippen LogP) is 4.04. The SMILES string of the molecule is COc1ccc(/C=N\NC(=S)Nc2ccccc2C(F)(F)F)cc1OC. The molecule has 0 aliphatic rings. The summed E-state index contributed by atoms with van der Waals surface area (Å²) in [7, 11) is 3.03. The van der Waals surface area contributed by atoms with Crippen molar-refractivity contribution in [1.29, 1.82) is 0 Å². The molecule has 2 N–H and O–H groups in total. The van der Waals surface area contributed by atoms with Crippen LogP contribution in [-0.4, -0.2) is 25.5 Å². The second kappa shape index (κ2) is 8.52. The molecule has 0 atom stereocenters. The number of ether oxygens (including phenoxy) is 2. The second-order valence-electron chi connectivity index (χ2n) is 4.98. The first-order chi connectivity index (χ1) is 12.3. The van der Waals surface area contributed by atoms with Crippen LogP contribution in [0.1, 0.15) is 11.1 Å².